The number of hydrogen-bond donors (Lipinski definition) is 2. The molecule has 2 N–H and O–H groups in total. The lowest BCUT2D eigenvalue weighted by Crippen LogP contribution is -2.44. The number of esters is 1. The Labute approximate surface area is 168 Å². The average Bonchev–Trinajstić information content (AvgIpc) is 2.58. The van der Waals surface area contributed by atoms with Gasteiger partial charge in [0.05, 0.1) is 17.2 Å². The molecule has 1 rings (SSSR count). The molecule has 0 aliphatic heterocycles. The number of carbonyl (C=O) groups excluding carboxylic acids is 3. The first kappa shape index (κ1) is 23.2. The molecule has 7 nitrogen and oxygen atoms in total. The van der Waals surface area contributed by atoms with Crippen molar-refractivity contribution in [3.63, 3.8) is 0 Å². The van der Waals surface area contributed by atoms with Gasteiger partial charge in [0.1, 0.15) is 6.04 Å². The van der Waals surface area contributed by atoms with Crippen LogP contribution >= 0.6 is 23.2 Å². The molecule has 1 aromatic carbocycles. The van der Waals surface area contributed by atoms with E-state index in [1.807, 2.05) is 13.8 Å². The third-order valence-electron chi connectivity index (χ3n) is 3.45. The molecule has 0 saturated carbocycles. The first-order chi connectivity index (χ1) is 12.7. The minimum atomic E-state index is -0.906. The van der Waals surface area contributed by atoms with Crippen LogP contribution in [-0.2, 0) is 19.1 Å². The highest BCUT2D eigenvalue weighted by molar-refractivity contribution is 6.36. The molecule has 0 saturated heterocycles. The highest BCUT2D eigenvalue weighted by Gasteiger charge is 2.25. The maximum absolute atomic E-state index is 12.4. The summed E-state index contributed by atoms with van der Waals surface area (Å²) in [5.41, 5.74) is 0.194. The Morgan fingerprint density at radius 2 is 1.89 bits per heavy atom. The van der Waals surface area contributed by atoms with E-state index in [9.17, 15) is 14.4 Å². The number of rotatable bonds is 10. The molecule has 27 heavy (non-hydrogen) atoms. The molecule has 0 aliphatic carbocycles. The molecule has 0 bridgehead atoms. The molecular formula is C18H24Cl2N2O5. The fraction of sp³-hybridized carbons (Fsp3) is 0.500. The second kappa shape index (κ2) is 11.8. The van der Waals surface area contributed by atoms with E-state index >= 15 is 0 Å². The van der Waals surface area contributed by atoms with E-state index in [0.717, 1.165) is 0 Å². The van der Waals surface area contributed by atoms with E-state index in [4.69, 9.17) is 32.7 Å². The third-order valence-corrected chi connectivity index (χ3v) is 3.99. The quantitative estimate of drug-likeness (QED) is 0.449. The van der Waals surface area contributed by atoms with Gasteiger partial charge in [-0.05, 0) is 30.5 Å². The zero-order valence-electron chi connectivity index (χ0n) is 15.5. The van der Waals surface area contributed by atoms with E-state index in [1.165, 1.54) is 25.3 Å². The van der Waals surface area contributed by atoms with Crippen molar-refractivity contribution in [2.45, 2.75) is 26.3 Å². The highest BCUT2D eigenvalue weighted by atomic mass is 35.5. The van der Waals surface area contributed by atoms with Crippen molar-refractivity contribution in [3.05, 3.63) is 33.8 Å². The molecule has 2 amide bonds. The molecular weight excluding hydrogens is 395 g/mol. The van der Waals surface area contributed by atoms with Crippen LogP contribution in [0.15, 0.2) is 18.2 Å². The minimum Gasteiger partial charge on any atom is -0.454 e. The number of benzene rings is 1. The summed E-state index contributed by atoms with van der Waals surface area (Å²) in [7, 11) is 1.51. The maximum Gasteiger partial charge on any atom is 0.329 e. The molecule has 0 unspecified atom stereocenters. The number of nitrogens with one attached hydrogen (secondary N) is 2. The van der Waals surface area contributed by atoms with Crippen molar-refractivity contribution in [2.24, 2.45) is 5.92 Å². The number of methoxy groups -OCH3 is 1. The van der Waals surface area contributed by atoms with Crippen LogP contribution in [0.3, 0.4) is 0 Å². The zero-order chi connectivity index (χ0) is 20.4. The first-order valence-electron chi connectivity index (χ1n) is 8.42. The maximum atomic E-state index is 12.4. The molecule has 0 aromatic heterocycles. The third kappa shape index (κ3) is 8.60. The smallest absolute Gasteiger partial charge is 0.329 e. The Balaban J connectivity index is 2.69. The van der Waals surface area contributed by atoms with Gasteiger partial charge in [0, 0.05) is 18.7 Å². The molecule has 9 heteroatoms. The predicted octanol–water partition coefficient (Wildman–Crippen LogP) is 2.44. The first-order valence-corrected chi connectivity index (χ1v) is 9.18. The number of halogens is 2. The number of carbonyl (C=O) groups is 3. The van der Waals surface area contributed by atoms with Gasteiger partial charge in [-0.2, -0.15) is 0 Å². The van der Waals surface area contributed by atoms with E-state index in [-0.39, 0.29) is 16.5 Å². The SMILES string of the molecule is COCCNC(=O)COC(=O)[C@@H](CC(C)C)NC(=O)c1ccc(Cl)cc1Cl. The van der Waals surface area contributed by atoms with Crippen LogP contribution < -0.4 is 10.6 Å². The fourth-order valence-corrected chi connectivity index (χ4v) is 2.67. The second-order valence-electron chi connectivity index (χ2n) is 6.23. The van der Waals surface area contributed by atoms with Gasteiger partial charge in [-0.15, -0.1) is 0 Å². The van der Waals surface area contributed by atoms with E-state index in [1.54, 1.807) is 0 Å². The number of ether oxygens (including phenoxy) is 2. The Morgan fingerprint density at radius 1 is 1.19 bits per heavy atom. The van der Waals surface area contributed by atoms with Crippen molar-refractivity contribution >= 4 is 41.0 Å². The van der Waals surface area contributed by atoms with Crippen molar-refractivity contribution in [1.29, 1.82) is 0 Å². The number of hydrogen-bond acceptors (Lipinski definition) is 5. The van der Waals surface area contributed by atoms with Crippen molar-refractivity contribution < 1.29 is 23.9 Å². The molecule has 1 aromatic rings. The summed E-state index contributed by atoms with van der Waals surface area (Å²) in [5.74, 6) is -1.55. The Kier molecular flexibility index (Phi) is 10.1. The normalized spacial score (nSPS) is 11.8. The number of amides is 2. The van der Waals surface area contributed by atoms with Crippen molar-refractivity contribution in [2.75, 3.05) is 26.9 Å². The fourth-order valence-electron chi connectivity index (χ4n) is 2.18. The van der Waals surface area contributed by atoms with Gasteiger partial charge in [-0.1, -0.05) is 37.0 Å². The van der Waals surface area contributed by atoms with E-state index in [0.29, 0.717) is 24.6 Å². The van der Waals surface area contributed by atoms with Gasteiger partial charge < -0.3 is 20.1 Å². The van der Waals surface area contributed by atoms with Gasteiger partial charge in [0.15, 0.2) is 6.61 Å². The Hall–Kier alpha value is -1.83. The monoisotopic (exact) mass is 418 g/mol. The van der Waals surface area contributed by atoms with Crippen molar-refractivity contribution in [1.82, 2.24) is 10.6 Å². The summed E-state index contributed by atoms with van der Waals surface area (Å²) in [6.07, 6.45) is 0.348. The van der Waals surface area contributed by atoms with Gasteiger partial charge in [-0.25, -0.2) is 4.79 Å². The summed E-state index contributed by atoms with van der Waals surface area (Å²) in [4.78, 5) is 36.4. The molecule has 0 fully saturated rings. The van der Waals surface area contributed by atoms with Crippen LogP contribution in [-0.4, -0.2) is 50.7 Å². The van der Waals surface area contributed by atoms with Gasteiger partial charge >= 0.3 is 5.97 Å². The second-order valence-corrected chi connectivity index (χ2v) is 7.07. The molecule has 0 radical (unpaired) electrons. The van der Waals surface area contributed by atoms with Crippen LogP contribution in [0.5, 0.6) is 0 Å². The lowest BCUT2D eigenvalue weighted by molar-refractivity contribution is -0.150. The van der Waals surface area contributed by atoms with Gasteiger partial charge in [-0.3, -0.25) is 9.59 Å². The van der Waals surface area contributed by atoms with Crippen LogP contribution in [0.1, 0.15) is 30.6 Å². The summed E-state index contributed by atoms with van der Waals surface area (Å²) >= 11 is 11.9. The summed E-state index contributed by atoms with van der Waals surface area (Å²) in [6.45, 7) is 4.04. The van der Waals surface area contributed by atoms with Crippen molar-refractivity contribution in [3.8, 4) is 0 Å². The van der Waals surface area contributed by atoms with Crippen LogP contribution in [0.2, 0.25) is 10.0 Å². The predicted molar refractivity (Wildman–Crippen MR) is 103 cm³/mol. The molecule has 150 valence electrons. The van der Waals surface area contributed by atoms with Crippen LogP contribution in [0, 0.1) is 5.92 Å². The topological polar surface area (TPSA) is 93.7 Å². The molecule has 0 heterocycles. The molecule has 0 aliphatic rings. The minimum absolute atomic E-state index is 0.110. The summed E-state index contributed by atoms with van der Waals surface area (Å²) < 4.78 is 9.84. The largest absolute Gasteiger partial charge is 0.454 e. The lowest BCUT2D eigenvalue weighted by atomic mass is 10.0. The Bertz CT molecular complexity index is 667. The molecule has 1 atom stereocenters. The van der Waals surface area contributed by atoms with Gasteiger partial charge in [0.2, 0.25) is 0 Å². The highest BCUT2D eigenvalue weighted by Crippen LogP contribution is 2.21. The average molecular weight is 419 g/mol. The lowest BCUT2D eigenvalue weighted by Gasteiger charge is -2.19. The van der Waals surface area contributed by atoms with E-state index < -0.39 is 30.4 Å². The molecule has 0 spiro atoms. The van der Waals surface area contributed by atoms with Gasteiger partial charge in [0.25, 0.3) is 11.8 Å². The summed E-state index contributed by atoms with van der Waals surface area (Å²) in [6, 6.07) is 3.54. The Morgan fingerprint density at radius 3 is 2.48 bits per heavy atom. The zero-order valence-corrected chi connectivity index (χ0v) is 17.0. The van der Waals surface area contributed by atoms with E-state index in [2.05, 4.69) is 10.6 Å². The van der Waals surface area contributed by atoms with Crippen LogP contribution in [0.25, 0.3) is 0 Å². The van der Waals surface area contributed by atoms with Crippen LogP contribution in [0.4, 0.5) is 0 Å². The standard InChI is InChI=1S/C18H24Cl2N2O5/c1-11(2)8-15(18(25)27-10-16(23)21-6-7-26-3)22-17(24)13-5-4-12(19)9-14(13)20/h4-5,9,11,15H,6-8,10H2,1-3H3,(H,21,23)(H,22,24)/t15-/m1/s1. The summed E-state index contributed by atoms with van der Waals surface area (Å²) in [5, 5.41) is 5.72.